The molecule has 28 heavy (non-hydrogen) atoms. The van der Waals surface area contributed by atoms with Crippen LogP contribution in [0.2, 0.25) is 0 Å². The van der Waals surface area contributed by atoms with E-state index in [1.165, 1.54) is 0 Å². The summed E-state index contributed by atoms with van der Waals surface area (Å²) in [6, 6.07) is 7.34. The zero-order valence-electron chi connectivity index (χ0n) is 15.8. The molecule has 11 heteroatoms. The number of hydrogen-bond donors (Lipinski definition) is 4. The normalized spacial score (nSPS) is 11.4. The number of anilines is 3. The van der Waals surface area contributed by atoms with Gasteiger partial charge < -0.3 is 10.6 Å². The van der Waals surface area contributed by atoms with Crippen molar-refractivity contribution in [2.24, 2.45) is 0 Å². The number of sulfonamides is 1. The summed E-state index contributed by atoms with van der Waals surface area (Å²) in [5, 5.41) is 20.8. The average Bonchev–Trinajstić information content (AvgIpc) is 2.99. The van der Waals surface area contributed by atoms with Gasteiger partial charge in [-0.1, -0.05) is 0 Å². The van der Waals surface area contributed by atoms with Gasteiger partial charge in [0.2, 0.25) is 10.0 Å². The highest BCUT2D eigenvalue weighted by Crippen LogP contribution is 2.16. The highest BCUT2D eigenvalue weighted by molar-refractivity contribution is 7.89. The zero-order valence-corrected chi connectivity index (χ0v) is 16.6. The van der Waals surface area contributed by atoms with Gasteiger partial charge in [0.15, 0.2) is 5.82 Å². The van der Waals surface area contributed by atoms with Crippen LogP contribution < -0.4 is 15.4 Å². The highest BCUT2D eigenvalue weighted by atomic mass is 32.2. The Balaban J connectivity index is 1.50. The summed E-state index contributed by atoms with van der Waals surface area (Å²) in [5.41, 5.74) is 2.04. The van der Waals surface area contributed by atoms with E-state index in [4.69, 9.17) is 0 Å². The van der Waals surface area contributed by atoms with Gasteiger partial charge in [-0.3, -0.25) is 5.10 Å². The fourth-order valence-electron chi connectivity index (χ4n) is 2.61. The standard InChI is InChI=1S/C17H22N8O2S/c1-11-6-7-18-16(10-11)21-15-5-4-14(24-25-15)19-8-9-20-28(26,27)17-12(2)22-23-13(17)3/h4-7,10,20H,8-9H2,1-3H3,(H,19,24)(H,22,23)(H,18,21,25). The molecule has 0 bridgehead atoms. The number of aryl methyl sites for hydroxylation is 3. The Morgan fingerprint density at radius 2 is 1.75 bits per heavy atom. The summed E-state index contributed by atoms with van der Waals surface area (Å²) >= 11 is 0. The van der Waals surface area contributed by atoms with Crippen molar-refractivity contribution in [2.45, 2.75) is 25.7 Å². The van der Waals surface area contributed by atoms with E-state index in [1.54, 1.807) is 32.2 Å². The summed E-state index contributed by atoms with van der Waals surface area (Å²) < 4.78 is 27.2. The predicted molar refractivity (Wildman–Crippen MR) is 106 cm³/mol. The van der Waals surface area contributed by atoms with E-state index in [9.17, 15) is 8.42 Å². The van der Waals surface area contributed by atoms with Crippen LogP contribution in [0.5, 0.6) is 0 Å². The molecule has 3 aromatic heterocycles. The Morgan fingerprint density at radius 1 is 1.00 bits per heavy atom. The molecule has 0 fully saturated rings. The van der Waals surface area contributed by atoms with Gasteiger partial charge in [-0.2, -0.15) is 5.10 Å². The molecule has 0 saturated heterocycles. The molecule has 0 amide bonds. The van der Waals surface area contributed by atoms with Crippen LogP contribution in [0, 0.1) is 20.8 Å². The van der Waals surface area contributed by atoms with Gasteiger partial charge in [0, 0.05) is 19.3 Å². The molecule has 0 radical (unpaired) electrons. The number of hydrogen-bond acceptors (Lipinski definition) is 8. The van der Waals surface area contributed by atoms with Crippen LogP contribution in [0.1, 0.15) is 17.0 Å². The Morgan fingerprint density at radius 3 is 2.39 bits per heavy atom. The average molecular weight is 402 g/mol. The third-order valence-electron chi connectivity index (χ3n) is 3.89. The van der Waals surface area contributed by atoms with E-state index in [1.807, 2.05) is 19.1 Å². The summed E-state index contributed by atoms with van der Waals surface area (Å²) in [6.07, 6.45) is 1.72. The van der Waals surface area contributed by atoms with Gasteiger partial charge in [-0.05, 0) is 50.6 Å². The van der Waals surface area contributed by atoms with Crippen LogP contribution in [0.4, 0.5) is 17.5 Å². The van der Waals surface area contributed by atoms with Crippen LogP contribution in [0.25, 0.3) is 0 Å². The van der Waals surface area contributed by atoms with E-state index < -0.39 is 10.0 Å². The van der Waals surface area contributed by atoms with Crippen LogP contribution in [0.3, 0.4) is 0 Å². The molecule has 0 aliphatic rings. The predicted octanol–water partition coefficient (Wildman–Crippen LogP) is 1.65. The number of nitrogens with zero attached hydrogens (tertiary/aromatic N) is 4. The molecule has 4 N–H and O–H groups in total. The SMILES string of the molecule is Cc1ccnc(Nc2ccc(NCCNS(=O)(=O)c3c(C)n[nH]c3C)nn2)c1. The van der Waals surface area contributed by atoms with Gasteiger partial charge in [-0.25, -0.2) is 18.1 Å². The van der Waals surface area contributed by atoms with Crippen LogP contribution in [-0.2, 0) is 10.0 Å². The van der Waals surface area contributed by atoms with E-state index in [-0.39, 0.29) is 11.4 Å². The highest BCUT2D eigenvalue weighted by Gasteiger charge is 2.21. The smallest absolute Gasteiger partial charge is 0.244 e. The Labute approximate surface area is 163 Å². The number of pyridine rings is 1. The van der Waals surface area contributed by atoms with Crippen molar-refractivity contribution in [3.63, 3.8) is 0 Å². The van der Waals surface area contributed by atoms with E-state index >= 15 is 0 Å². The molecule has 3 aromatic rings. The molecule has 3 heterocycles. The first-order valence-electron chi connectivity index (χ1n) is 8.63. The molecule has 0 unspecified atom stereocenters. The lowest BCUT2D eigenvalue weighted by molar-refractivity contribution is 0.581. The second-order valence-corrected chi connectivity index (χ2v) is 7.94. The molecule has 3 rings (SSSR count). The van der Waals surface area contributed by atoms with Gasteiger partial charge >= 0.3 is 0 Å². The number of nitrogens with one attached hydrogen (secondary N) is 4. The fourth-order valence-corrected chi connectivity index (χ4v) is 4.01. The third-order valence-corrected chi connectivity index (χ3v) is 5.61. The molecule has 0 saturated carbocycles. The van der Waals surface area contributed by atoms with Crippen LogP contribution >= 0.6 is 0 Å². The van der Waals surface area contributed by atoms with Gasteiger partial charge in [-0.15, -0.1) is 10.2 Å². The van der Waals surface area contributed by atoms with Crippen LogP contribution in [-0.4, -0.2) is 46.9 Å². The van der Waals surface area contributed by atoms with Crippen molar-refractivity contribution in [1.82, 2.24) is 30.1 Å². The van der Waals surface area contributed by atoms with Crippen molar-refractivity contribution in [2.75, 3.05) is 23.7 Å². The molecule has 10 nitrogen and oxygen atoms in total. The molecular weight excluding hydrogens is 380 g/mol. The molecule has 0 aliphatic carbocycles. The molecule has 0 aliphatic heterocycles. The van der Waals surface area contributed by atoms with Crippen molar-refractivity contribution in [3.05, 3.63) is 47.4 Å². The Hall–Kier alpha value is -3.05. The Bertz CT molecular complexity index is 1030. The quantitative estimate of drug-likeness (QED) is 0.417. The van der Waals surface area contributed by atoms with Crippen molar-refractivity contribution in [3.8, 4) is 0 Å². The fraction of sp³-hybridized carbons (Fsp3) is 0.294. The second-order valence-electron chi connectivity index (χ2n) is 6.23. The third kappa shape index (κ3) is 4.81. The summed E-state index contributed by atoms with van der Waals surface area (Å²) in [4.78, 5) is 4.40. The first-order chi connectivity index (χ1) is 13.3. The maximum Gasteiger partial charge on any atom is 0.244 e. The van der Waals surface area contributed by atoms with Crippen molar-refractivity contribution in [1.29, 1.82) is 0 Å². The molecule has 148 valence electrons. The van der Waals surface area contributed by atoms with Gasteiger partial charge in [0.25, 0.3) is 0 Å². The van der Waals surface area contributed by atoms with Gasteiger partial charge in [0.1, 0.15) is 16.5 Å². The molecular formula is C17H22N8O2S. The summed E-state index contributed by atoms with van der Waals surface area (Å²) in [7, 11) is -3.61. The zero-order chi connectivity index (χ0) is 20.1. The first-order valence-corrected chi connectivity index (χ1v) is 10.1. The largest absolute Gasteiger partial charge is 0.367 e. The summed E-state index contributed by atoms with van der Waals surface area (Å²) in [5.74, 6) is 1.79. The van der Waals surface area contributed by atoms with Gasteiger partial charge in [0.05, 0.1) is 11.4 Å². The first kappa shape index (κ1) is 19.7. The van der Waals surface area contributed by atoms with E-state index in [2.05, 4.69) is 40.7 Å². The van der Waals surface area contributed by atoms with E-state index in [0.717, 1.165) is 5.56 Å². The summed E-state index contributed by atoms with van der Waals surface area (Å²) in [6.45, 7) is 5.85. The number of rotatable bonds is 8. The van der Waals surface area contributed by atoms with Crippen molar-refractivity contribution >= 4 is 27.5 Å². The molecule has 0 aromatic carbocycles. The number of H-pyrrole nitrogens is 1. The van der Waals surface area contributed by atoms with Crippen molar-refractivity contribution < 1.29 is 8.42 Å². The molecule has 0 atom stereocenters. The monoisotopic (exact) mass is 402 g/mol. The lowest BCUT2D eigenvalue weighted by atomic mass is 10.3. The minimum absolute atomic E-state index is 0.187. The molecule has 0 spiro atoms. The lowest BCUT2D eigenvalue weighted by Gasteiger charge is -2.09. The lowest BCUT2D eigenvalue weighted by Crippen LogP contribution is -2.29. The minimum atomic E-state index is -3.61. The van der Waals surface area contributed by atoms with E-state index in [0.29, 0.717) is 35.4 Å². The maximum atomic E-state index is 12.3. The Kier molecular flexibility index (Phi) is 5.85. The maximum absolute atomic E-state index is 12.3. The topological polar surface area (TPSA) is 138 Å². The number of aromatic amines is 1. The number of aromatic nitrogens is 5. The van der Waals surface area contributed by atoms with Crippen LogP contribution in [0.15, 0.2) is 35.4 Å². The minimum Gasteiger partial charge on any atom is -0.367 e. The second kappa shape index (κ2) is 8.31.